The van der Waals surface area contributed by atoms with Crippen LogP contribution in [0, 0.1) is 0 Å². The summed E-state index contributed by atoms with van der Waals surface area (Å²) in [6.07, 6.45) is 1.57. The molecule has 0 aliphatic heterocycles. The molecule has 15 heavy (non-hydrogen) atoms. The highest BCUT2D eigenvalue weighted by atomic mass is 79.9. The minimum Gasteiger partial charge on any atom is -0.486 e. The zero-order valence-electron chi connectivity index (χ0n) is 8.79. The number of ketones is 1. The molecule has 1 aromatic carbocycles. The van der Waals surface area contributed by atoms with Gasteiger partial charge in [-0.3, -0.25) is 4.79 Å². The minimum atomic E-state index is -0.114. The average Bonchev–Trinajstić information content (AvgIpc) is 2.17. The van der Waals surface area contributed by atoms with Gasteiger partial charge in [-0.1, -0.05) is 28.6 Å². The topological polar surface area (TPSA) is 26.3 Å². The van der Waals surface area contributed by atoms with E-state index in [1.165, 1.54) is 6.92 Å². The number of Topliss-reactive ketones (excluding diaryl/α,β-unsaturated/α-hetero) is 1. The molecule has 0 fully saturated rings. The van der Waals surface area contributed by atoms with Crippen LogP contribution in [-0.4, -0.2) is 11.9 Å². The predicted octanol–water partition coefficient (Wildman–Crippen LogP) is 3.61. The highest BCUT2D eigenvalue weighted by molar-refractivity contribution is 9.10. The van der Waals surface area contributed by atoms with E-state index in [1.54, 1.807) is 18.2 Å². The van der Waals surface area contributed by atoms with E-state index in [0.29, 0.717) is 11.3 Å². The Bertz CT molecular complexity index is 385. The normalized spacial score (nSPS) is 11.9. The van der Waals surface area contributed by atoms with Crippen LogP contribution in [0.5, 0.6) is 5.75 Å². The lowest BCUT2D eigenvalue weighted by atomic mass is 10.1. The fourth-order valence-corrected chi connectivity index (χ4v) is 1.47. The molecule has 0 N–H and O–H groups in total. The Balaban J connectivity index is 3.07. The average molecular weight is 269 g/mol. The van der Waals surface area contributed by atoms with Gasteiger partial charge in [-0.25, -0.2) is 0 Å². The van der Waals surface area contributed by atoms with Crippen molar-refractivity contribution < 1.29 is 9.53 Å². The van der Waals surface area contributed by atoms with Gasteiger partial charge in [-0.05, 0) is 32.0 Å². The Kier molecular flexibility index (Phi) is 4.09. The molecule has 1 rings (SSSR count). The first-order chi connectivity index (χ1) is 7.04. The van der Waals surface area contributed by atoms with Crippen molar-refractivity contribution in [2.24, 2.45) is 0 Å². The molecular weight excluding hydrogens is 256 g/mol. The van der Waals surface area contributed by atoms with Gasteiger partial charge in [-0.2, -0.15) is 0 Å². The van der Waals surface area contributed by atoms with Crippen LogP contribution >= 0.6 is 15.9 Å². The molecule has 1 unspecified atom stereocenters. The minimum absolute atomic E-state index is 0.00578. The van der Waals surface area contributed by atoms with Crippen molar-refractivity contribution in [2.45, 2.75) is 20.0 Å². The van der Waals surface area contributed by atoms with Crippen molar-refractivity contribution in [3.05, 3.63) is 40.9 Å². The number of carbonyl (C=O) groups excluding carboxylic acids is 1. The van der Waals surface area contributed by atoms with Gasteiger partial charge in [0, 0.05) is 4.47 Å². The molecular formula is C12H13BrO2. The van der Waals surface area contributed by atoms with E-state index in [9.17, 15) is 4.79 Å². The second-order valence-electron chi connectivity index (χ2n) is 3.26. The molecule has 0 amide bonds. The first-order valence-electron chi connectivity index (χ1n) is 4.64. The van der Waals surface area contributed by atoms with E-state index in [0.717, 1.165) is 4.47 Å². The molecule has 0 aliphatic carbocycles. The monoisotopic (exact) mass is 268 g/mol. The second-order valence-corrected chi connectivity index (χ2v) is 4.17. The summed E-state index contributed by atoms with van der Waals surface area (Å²) in [5, 5.41) is 0. The van der Waals surface area contributed by atoms with Crippen molar-refractivity contribution in [1.29, 1.82) is 0 Å². The van der Waals surface area contributed by atoms with E-state index >= 15 is 0 Å². The lowest BCUT2D eigenvalue weighted by molar-refractivity contribution is 0.101. The molecule has 1 atom stereocenters. The van der Waals surface area contributed by atoms with Crippen LogP contribution in [0.3, 0.4) is 0 Å². The van der Waals surface area contributed by atoms with Crippen molar-refractivity contribution in [2.75, 3.05) is 0 Å². The van der Waals surface area contributed by atoms with Crippen LogP contribution in [0.25, 0.3) is 0 Å². The van der Waals surface area contributed by atoms with E-state index in [2.05, 4.69) is 22.5 Å². The van der Waals surface area contributed by atoms with Gasteiger partial charge in [0.05, 0.1) is 5.56 Å². The number of halogens is 1. The van der Waals surface area contributed by atoms with E-state index < -0.39 is 0 Å². The fraction of sp³-hybridized carbons (Fsp3) is 0.250. The maximum Gasteiger partial charge on any atom is 0.163 e. The lowest BCUT2D eigenvalue weighted by Gasteiger charge is -2.13. The second kappa shape index (κ2) is 5.12. The Morgan fingerprint density at radius 2 is 2.27 bits per heavy atom. The quantitative estimate of drug-likeness (QED) is 0.616. The number of carbonyl (C=O) groups is 1. The Morgan fingerprint density at radius 3 is 2.80 bits per heavy atom. The molecule has 0 bridgehead atoms. The summed E-state index contributed by atoms with van der Waals surface area (Å²) in [5.41, 5.74) is 0.590. The molecule has 0 spiro atoms. The molecule has 0 aromatic heterocycles. The summed E-state index contributed by atoms with van der Waals surface area (Å²) in [6, 6.07) is 5.36. The van der Waals surface area contributed by atoms with Crippen LogP contribution in [0.2, 0.25) is 0 Å². The fourth-order valence-electron chi connectivity index (χ4n) is 1.13. The molecule has 0 saturated carbocycles. The van der Waals surface area contributed by atoms with Gasteiger partial charge in [0.25, 0.3) is 0 Å². The number of hydrogen-bond acceptors (Lipinski definition) is 2. The zero-order valence-corrected chi connectivity index (χ0v) is 10.4. The third kappa shape index (κ3) is 3.20. The summed E-state index contributed by atoms with van der Waals surface area (Å²) in [4.78, 5) is 11.3. The van der Waals surface area contributed by atoms with Crippen molar-refractivity contribution in [1.82, 2.24) is 0 Å². The molecule has 80 valence electrons. The zero-order chi connectivity index (χ0) is 11.4. The van der Waals surface area contributed by atoms with Crippen LogP contribution < -0.4 is 4.74 Å². The summed E-state index contributed by atoms with van der Waals surface area (Å²) >= 11 is 3.34. The summed E-state index contributed by atoms with van der Waals surface area (Å²) < 4.78 is 6.46. The highest BCUT2D eigenvalue weighted by Gasteiger charge is 2.10. The summed E-state index contributed by atoms with van der Waals surface area (Å²) in [6.45, 7) is 7.03. The Hall–Kier alpha value is -1.09. The maximum atomic E-state index is 11.3. The van der Waals surface area contributed by atoms with Crippen molar-refractivity contribution >= 4 is 21.7 Å². The lowest BCUT2D eigenvalue weighted by Crippen LogP contribution is -2.10. The van der Waals surface area contributed by atoms with Gasteiger partial charge in [0.15, 0.2) is 5.78 Å². The van der Waals surface area contributed by atoms with Crippen LogP contribution in [0.1, 0.15) is 24.2 Å². The van der Waals surface area contributed by atoms with Crippen LogP contribution in [-0.2, 0) is 0 Å². The Labute approximate surface area is 98.1 Å². The molecule has 1 aromatic rings. The molecule has 3 heteroatoms. The molecule has 2 nitrogen and oxygen atoms in total. The number of benzene rings is 1. The van der Waals surface area contributed by atoms with Gasteiger partial charge in [0.2, 0.25) is 0 Å². The first-order valence-corrected chi connectivity index (χ1v) is 5.43. The summed E-state index contributed by atoms with van der Waals surface area (Å²) in [5.74, 6) is 0.582. The van der Waals surface area contributed by atoms with Gasteiger partial charge < -0.3 is 4.74 Å². The van der Waals surface area contributed by atoms with Crippen LogP contribution in [0.4, 0.5) is 0 Å². The SMILES string of the molecule is C=CC(C)Oc1cc(Br)ccc1C(C)=O. The van der Waals surface area contributed by atoms with E-state index in [-0.39, 0.29) is 11.9 Å². The molecule has 0 radical (unpaired) electrons. The third-order valence-electron chi connectivity index (χ3n) is 1.97. The highest BCUT2D eigenvalue weighted by Crippen LogP contribution is 2.25. The Morgan fingerprint density at radius 1 is 1.60 bits per heavy atom. The van der Waals surface area contributed by atoms with E-state index in [4.69, 9.17) is 4.74 Å². The standard InChI is InChI=1S/C12H13BrO2/c1-4-8(2)15-12-7-10(13)5-6-11(12)9(3)14/h4-8H,1H2,2-3H3. The molecule has 0 saturated heterocycles. The van der Waals surface area contributed by atoms with Crippen LogP contribution in [0.15, 0.2) is 35.3 Å². The summed E-state index contributed by atoms with van der Waals surface area (Å²) in [7, 11) is 0. The molecule has 0 aliphatic rings. The smallest absolute Gasteiger partial charge is 0.163 e. The maximum absolute atomic E-state index is 11.3. The number of rotatable bonds is 4. The molecule has 0 heterocycles. The third-order valence-corrected chi connectivity index (χ3v) is 2.46. The number of hydrogen-bond donors (Lipinski definition) is 0. The van der Waals surface area contributed by atoms with Crippen molar-refractivity contribution in [3.63, 3.8) is 0 Å². The van der Waals surface area contributed by atoms with E-state index in [1.807, 2.05) is 13.0 Å². The van der Waals surface area contributed by atoms with Gasteiger partial charge >= 0.3 is 0 Å². The van der Waals surface area contributed by atoms with Crippen molar-refractivity contribution in [3.8, 4) is 5.75 Å². The van der Waals surface area contributed by atoms with Gasteiger partial charge in [-0.15, -0.1) is 0 Å². The van der Waals surface area contributed by atoms with Gasteiger partial charge in [0.1, 0.15) is 11.9 Å². The first kappa shape index (κ1) is 12.0. The number of ether oxygens (including phenoxy) is 1. The largest absolute Gasteiger partial charge is 0.486 e. The predicted molar refractivity (Wildman–Crippen MR) is 64.4 cm³/mol.